The topological polar surface area (TPSA) is 34.1 Å². The molecule has 0 saturated heterocycles. The van der Waals surface area contributed by atoms with Crippen LogP contribution in [-0.2, 0) is 9.84 Å². The van der Waals surface area contributed by atoms with E-state index in [1.807, 2.05) is 0 Å². The van der Waals surface area contributed by atoms with Crippen LogP contribution in [-0.4, -0.2) is 13.7 Å². The van der Waals surface area contributed by atoms with E-state index in [4.69, 9.17) is 23.2 Å². The fourth-order valence-corrected chi connectivity index (χ4v) is 4.43. The molecule has 0 N–H and O–H groups in total. The molecule has 0 heterocycles. The van der Waals surface area contributed by atoms with E-state index in [0.717, 1.165) is 24.0 Å². The molecule has 0 amide bonds. The summed E-state index contributed by atoms with van der Waals surface area (Å²) in [6, 6.07) is 12.1. The van der Waals surface area contributed by atoms with Crippen molar-refractivity contribution >= 4 is 33.0 Å². The molecule has 2 nitrogen and oxygen atoms in total. The Hall–Kier alpha value is -1.03. The van der Waals surface area contributed by atoms with Gasteiger partial charge in [0, 0.05) is 15.6 Å². The van der Waals surface area contributed by atoms with Crippen molar-refractivity contribution in [1.29, 1.82) is 0 Å². The van der Waals surface area contributed by atoms with E-state index < -0.39 is 9.84 Å². The number of halogens is 2. The van der Waals surface area contributed by atoms with Crippen molar-refractivity contribution in [1.82, 2.24) is 0 Å². The standard InChI is InChI=1S/C15H12Cl2O2S/c16-13-2-1-3-14(17)15(13)10-4-6-11(7-5-10)20(18,19)12-8-9-12/h1-7,12H,8-9H2. The van der Waals surface area contributed by atoms with Gasteiger partial charge >= 0.3 is 0 Å². The van der Waals surface area contributed by atoms with Crippen LogP contribution in [0.5, 0.6) is 0 Å². The minimum Gasteiger partial charge on any atom is -0.223 e. The molecule has 0 unspecified atom stereocenters. The molecule has 3 rings (SSSR count). The van der Waals surface area contributed by atoms with Gasteiger partial charge in [-0.3, -0.25) is 0 Å². The van der Waals surface area contributed by atoms with Crippen LogP contribution in [0.4, 0.5) is 0 Å². The van der Waals surface area contributed by atoms with Crippen LogP contribution in [0.1, 0.15) is 12.8 Å². The number of benzene rings is 2. The monoisotopic (exact) mass is 326 g/mol. The third kappa shape index (κ3) is 2.46. The SMILES string of the molecule is O=S(=O)(c1ccc(-c2c(Cl)cccc2Cl)cc1)C1CC1. The van der Waals surface area contributed by atoms with Crippen molar-refractivity contribution < 1.29 is 8.42 Å². The highest BCUT2D eigenvalue weighted by molar-refractivity contribution is 7.92. The summed E-state index contributed by atoms with van der Waals surface area (Å²) >= 11 is 12.3. The minimum atomic E-state index is -3.15. The zero-order valence-corrected chi connectivity index (χ0v) is 12.8. The summed E-state index contributed by atoms with van der Waals surface area (Å²) in [4.78, 5) is 0.368. The predicted molar refractivity (Wildman–Crippen MR) is 82.1 cm³/mol. The molecular formula is C15H12Cl2O2S. The Morgan fingerprint density at radius 2 is 1.45 bits per heavy atom. The average Bonchev–Trinajstić information content (AvgIpc) is 3.24. The second-order valence-electron chi connectivity index (χ2n) is 4.87. The molecule has 1 fully saturated rings. The molecule has 1 aliphatic carbocycles. The first-order valence-corrected chi connectivity index (χ1v) is 8.59. The largest absolute Gasteiger partial charge is 0.223 e. The van der Waals surface area contributed by atoms with Crippen molar-refractivity contribution in [2.45, 2.75) is 23.0 Å². The molecule has 20 heavy (non-hydrogen) atoms. The molecule has 0 atom stereocenters. The maximum atomic E-state index is 12.1. The van der Waals surface area contributed by atoms with Crippen molar-refractivity contribution in [2.24, 2.45) is 0 Å². The molecule has 0 aliphatic heterocycles. The highest BCUT2D eigenvalue weighted by Gasteiger charge is 2.36. The Morgan fingerprint density at radius 1 is 0.900 bits per heavy atom. The molecule has 2 aromatic rings. The zero-order chi connectivity index (χ0) is 14.3. The van der Waals surface area contributed by atoms with Crippen molar-refractivity contribution in [3.63, 3.8) is 0 Å². The van der Waals surface area contributed by atoms with Gasteiger partial charge in [0.05, 0.1) is 10.1 Å². The van der Waals surface area contributed by atoms with Gasteiger partial charge in [0.1, 0.15) is 0 Å². The molecule has 1 aliphatic rings. The highest BCUT2D eigenvalue weighted by atomic mass is 35.5. The van der Waals surface area contributed by atoms with Crippen molar-refractivity contribution in [3.05, 3.63) is 52.5 Å². The highest BCUT2D eigenvalue weighted by Crippen LogP contribution is 2.37. The zero-order valence-electron chi connectivity index (χ0n) is 10.5. The van der Waals surface area contributed by atoms with E-state index in [1.54, 1.807) is 42.5 Å². The van der Waals surface area contributed by atoms with E-state index in [-0.39, 0.29) is 5.25 Å². The summed E-state index contributed by atoms with van der Waals surface area (Å²) in [7, 11) is -3.15. The van der Waals surface area contributed by atoms with Crippen LogP contribution in [0.15, 0.2) is 47.4 Å². The van der Waals surface area contributed by atoms with Crippen LogP contribution in [0.2, 0.25) is 10.0 Å². The Kier molecular flexibility index (Phi) is 3.53. The summed E-state index contributed by atoms with van der Waals surface area (Å²) in [6.07, 6.45) is 1.53. The van der Waals surface area contributed by atoms with Gasteiger partial charge in [0.25, 0.3) is 0 Å². The van der Waals surface area contributed by atoms with Gasteiger partial charge in [0.2, 0.25) is 0 Å². The average molecular weight is 327 g/mol. The molecular weight excluding hydrogens is 315 g/mol. The van der Waals surface area contributed by atoms with Gasteiger partial charge < -0.3 is 0 Å². The predicted octanol–water partition coefficient (Wildman–Crippen LogP) is 4.60. The smallest absolute Gasteiger partial charge is 0.181 e. The van der Waals surface area contributed by atoms with E-state index in [9.17, 15) is 8.42 Å². The summed E-state index contributed by atoms with van der Waals surface area (Å²) in [5, 5.41) is 0.905. The van der Waals surface area contributed by atoms with Crippen molar-refractivity contribution in [2.75, 3.05) is 0 Å². The quantitative estimate of drug-likeness (QED) is 0.826. The summed E-state index contributed by atoms with van der Waals surface area (Å²) in [5.74, 6) is 0. The summed E-state index contributed by atoms with van der Waals surface area (Å²) in [6.45, 7) is 0. The summed E-state index contributed by atoms with van der Waals surface area (Å²) < 4.78 is 24.2. The Labute approximate surface area is 128 Å². The Balaban J connectivity index is 2.02. The lowest BCUT2D eigenvalue weighted by Gasteiger charge is -2.08. The van der Waals surface area contributed by atoms with Gasteiger partial charge in [0.15, 0.2) is 9.84 Å². The normalized spacial score (nSPS) is 15.3. The second kappa shape index (κ2) is 5.06. The van der Waals surface area contributed by atoms with Crippen LogP contribution in [0, 0.1) is 0 Å². The van der Waals surface area contributed by atoms with Crippen LogP contribution in [0.3, 0.4) is 0 Å². The fraction of sp³-hybridized carbons (Fsp3) is 0.200. The first kappa shape index (κ1) is 13.9. The van der Waals surface area contributed by atoms with Crippen molar-refractivity contribution in [3.8, 4) is 11.1 Å². The third-order valence-corrected chi connectivity index (χ3v) is 6.31. The van der Waals surface area contributed by atoms with Crippen LogP contribution >= 0.6 is 23.2 Å². The first-order valence-electron chi connectivity index (χ1n) is 6.28. The van der Waals surface area contributed by atoms with Gasteiger partial charge in [-0.1, -0.05) is 41.4 Å². The molecule has 1 saturated carbocycles. The van der Waals surface area contributed by atoms with Gasteiger partial charge in [-0.15, -0.1) is 0 Å². The van der Waals surface area contributed by atoms with Gasteiger partial charge in [-0.25, -0.2) is 8.42 Å². The molecule has 5 heteroatoms. The molecule has 0 bridgehead atoms. The maximum Gasteiger partial charge on any atom is 0.181 e. The van der Waals surface area contributed by atoms with Gasteiger partial charge in [-0.05, 0) is 42.7 Å². The van der Waals surface area contributed by atoms with E-state index in [1.165, 1.54) is 0 Å². The lowest BCUT2D eigenvalue weighted by atomic mass is 10.1. The van der Waals surface area contributed by atoms with E-state index >= 15 is 0 Å². The van der Waals surface area contributed by atoms with Gasteiger partial charge in [-0.2, -0.15) is 0 Å². The molecule has 104 valence electrons. The molecule has 0 aromatic heterocycles. The van der Waals surface area contributed by atoms with Crippen LogP contribution < -0.4 is 0 Å². The Bertz CT molecular complexity index is 728. The lowest BCUT2D eigenvalue weighted by molar-refractivity contribution is 0.595. The number of sulfone groups is 1. The molecule has 0 spiro atoms. The number of rotatable bonds is 3. The third-order valence-electron chi connectivity index (χ3n) is 3.40. The van der Waals surface area contributed by atoms with E-state index in [0.29, 0.717) is 14.9 Å². The summed E-state index contributed by atoms with van der Waals surface area (Å²) in [5.41, 5.74) is 1.54. The minimum absolute atomic E-state index is 0.197. The molecule has 0 radical (unpaired) electrons. The molecule has 2 aromatic carbocycles. The Morgan fingerprint density at radius 3 is 1.95 bits per heavy atom. The van der Waals surface area contributed by atoms with E-state index in [2.05, 4.69) is 0 Å². The van der Waals surface area contributed by atoms with Crippen LogP contribution in [0.25, 0.3) is 11.1 Å². The maximum absolute atomic E-state index is 12.1. The number of hydrogen-bond acceptors (Lipinski definition) is 2. The lowest BCUT2D eigenvalue weighted by Crippen LogP contribution is -2.06. The second-order valence-corrected chi connectivity index (χ2v) is 7.91. The number of hydrogen-bond donors (Lipinski definition) is 0. The first-order chi connectivity index (χ1) is 9.50. The fourth-order valence-electron chi connectivity index (χ4n) is 2.16.